The lowest BCUT2D eigenvalue weighted by atomic mass is 10.1. The number of aliphatic hydroxyl groups excluding tert-OH is 1. The van der Waals surface area contributed by atoms with Gasteiger partial charge in [-0.25, -0.2) is 0 Å². The summed E-state index contributed by atoms with van der Waals surface area (Å²) in [5.74, 6) is -0.282. The lowest BCUT2D eigenvalue weighted by molar-refractivity contribution is 0.0721. The van der Waals surface area contributed by atoms with E-state index in [9.17, 15) is 15.0 Å². The van der Waals surface area contributed by atoms with Crippen LogP contribution in [-0.4, -0.2) is 40.7 Å². The number of nitrogens with zero attached hydrogens (tertiary/aromatic N) is 1. The van der Waals surface area contributed by atoms with Crippen LogP contribution >= 0.6 is 0 Å². The molecule has 0 unspecified atom stereocenters. The molecule has 0 fully saturated rings. The van der Waals surface area contributed by atoms with Crippen LogP contribution in [0.5, 0.6) is 5.75 Å². The third-order valence-corrected chi connectivity index (χ3v) is 3.55. The van der Waals surface area contributed by atoms with Crippen LogP contribution < -0.4 is 0 Å². The molecule has 0 aliphatic carbocycles. The smallest absolute Gasteiger partial charge is 0.257 e. The maximum atomic E-state index is 12.5. The maximum absolute atomic E-state index is 12.5. The molecule has 0 heterocycles. The Morgan fingerprint density at radius 3 is 2.45 bits per heavy atom. The van der Waals surface area contributed by atoms with Crippen molar-refractivity contribution in [3.63, 3.8) is 0 Å². The van der Waals surface area contributed by atoms with E-state index in [1.165, 1.54) is 0 Å². The summed E-state index contributed by atoms with van der Waals surface area (Å²) in [6.45, 7) is 2.50. The Kier molecular flexibility index (Phi) is 5.55. The first-order valence-electron chi connectivity index (χ1n) is 7.35. The molecule has 22 heavy (non-hydrogen) atoms. The van der Waals surface area contributed by atoms with Crippen LogP contribution in [0.2, 0.25) is 0 Å². The zero-order valence-corrected chi connectivity index (χ0v) is 12.7. The third kappa shape index (κ3) is 4.09. The SMILES string of the molecule is Cc1ccc(C(=O)N(CCO)CCc2ccccc2)c(O)c1. The zero-order valence-electron chi connectivity index (χ0n) is 12.7. The molecule has 4 heteroatoms. The summed E-state index contributed by atoms with van der Waals surface area (Å²) in [6, 6.07) is 14.9. The lowest BCUT2D eigenvalue weighted by Gasteiger charge is -2.22. The summed E-state index contributed by atoms with van der Waals surface area (Å²) in [7, 11) is 0. The first-order chi connectivity index (χ1) is 10.6. The van der Waals surface area contributed by atoms with Crippen LogP contribution in [-0.2, 0) is 6.42 Å². The molecule has 0 aliphatic heterocycles. The van der Waals surface area contributed by atoms with Gasteiger partial charge in [-0.3, -0.25) is 4.79 Å². The summed E-state index contributed by atoms with van der Waals surface area (Å²) >= 11 is 0. The number of aromatic hydroxyl groups is 1. The van der Waals surface area contributed by atoms with Gasteiger partial charge in [-0.2, -0.15) is 0 Å². The Bertz CT molecular complexity index is 625. The van der Waals surface area contributed by atoms with Crippen molar-refractivity contribution in [1.29, 1.82) is 0 Å². The topological polar surface area (TPSA) is 60.8 Å². The van der Waals surface area contributed by atoms with Gasteiger partial charge >= 0.3 is 0 Å². The highest BCUT2D eigenvalue weighted by Gasteiger charge is 2.18. The quantitative estimate of drug-likeness (QED) is 0.861. The van der Waals surface area contributed by atoms with Gasteiger partial charge in [0.25, 0.3) is 5.91 Å². The minimum atomic E-state index is -0.262. The number of benzene rings is 2. The number of rotatable bonds is 6. The van der Waals surface area contributed by atoms with E-state index in [0.29, 0.717) is 13.0 Å². The second-order valence-electron chi connectivity index (χ2n) is 5.27. The van der Waals surface area contributed by atoms with Gasteiger partial charge in [-0.1, -0.05) is 36.4 Å². The molecule has 1 amide bonds. The monoisotopic (exact) mass is 299 g/mol. The second-order valence-corrected chi connectivity index (χ2v) is 5.27. The molecule has 0 atom stereocenters. The summed E-state index contributed by atoms with van der Waals surface area (Å²) in [4.78, 5) is 14.1. The lowest BCUT2D eigenvalue weighted by Crippen LogP contribution is -2.35. The number of amides is 1. The molecule has 2 aromatic rings. The molecular formula is C18H21NO3. The van der Waals surface area contributed by atoms with E-state index in [2.05, 4.69) is 0 Å². The Morgan fingerprint density at radius 2 is 1.82 bits per heavy atom. The predicted molar refractivity (Wildman–Crippen MR) is 86.0 cm³/mol. The van der Waals surface area contributed by atoms with E-state index >= 15 is 0 Å². The van der Waals surface area contributed by atoms with E-state index in [1.807, 2.05) is 37.3 Å². The molecule has 0 aromatic heterocycles. The highest BCUT2D eigenvalue weighted by atomic mass is 16.3. The van der Waals surface area contributed by atoms with Gasteiger partial charge in [0.1, 0.15) is 5.75 Å². The molecule has 2 rings (SSSR count). The normalized spacial score (nSPS) is 10.5. The number of phenolic OH excluding ortho intramolecular Hbond substituents is 1. The van der Waals surface area contributed by atoms with Crippen molar-refractivity contribution >= 4 is 5.91 Å². The molecule has 2 N–H and O–H groups in total. The summed E-state index contributed by atoms with van der Waals surface area (Å²) in [6.07, 6.45) is 0.708. The highest BCUT2D eigenvalue weighted by molar-refractivity contribution is 5.96. The average Bonchev–Trinajstić information content (AvgIpc) is 2.52. The van der Waals surface area contributed by atoms with Crippen molar-refractivity contribution in [2.24, 2.45) is 0 Å². The number of phenols is 1. The fourth-order valence-corrected chi connectivity index (χ4v) is 2.34. The number of aryl methyl sites for hydroxylation is 1. The number of aliphatic hydroxyl groups is 1. The molecule has 0 saturated carbocycles. The van der Waals surface area contributed by atoms with E-state index in [4.69, 9.17) is 0 Å². The van der Waals surface area contributed by atoms with Crippen molar-refractivity contribution in [3.8, 4) is 5.75 Å². The largest absolute Gasteiger partial charge is 0.507 e. The number of carbonyl (C=O) groups is 1. The van der Waals surface area contributed by atoms with Gasteiger partial charge < -0.3 is 15.1 Å². The molecule has 0 aliphatic rings. The Balaban J connectivity index is 2.11. The van der Waals surface area contributed by atoms with Gasteiger partial charge in [0.05, 0.1) is 12.2 Å². The summed E-state index contributed by atoms with van der Waals surface area (Å²) < 4.78 is 0. The maximum Gasteiger partial charge on any atom is 0.257 e. The molecule has 116 valence electrons. The number of carbonyl (C=O) groups excluding carboxylic acids is 1. The molecule has 0 radical (unpaired) electrons. The van der Waals surface area contributed by atoms with Crippen molar-refractivity contribution in [2.75, 3.05) is 19.7 Å². The molecule has 0 spiro atoms. The zero-order chi connectivity index (χ0) is 15.9. The molecule has 4 nitrogen and oxygen atoms in total. The van der Waals surface area contributed by atoms with E-state index in [1.54, 1.807) is 23.1 Å². The van der Waals surface area contributed by atoms with E-state index in [0.717, 1.165) is 11.1 Å². The van der Waals surface area contributed by atoms with Crippen molar-refractivity contribution in [2.45, 2.75) is 13.3 Å². The Hall–Kier alpha value is -2.33. The van der Waals surface area contributed by atoms with E-state index < -0.39 is 0 Å². The fourth-order valence-electron chi connectivity index (χ4n) is 2.34. The van der Waals surface area contributed by atoms with Crippen LogP contribution in [0, 0.1) is 6.92 Å². The summed E-state index contributed by atoms with van der Waals surface area (Å²) in [5, 5.41) is 19.1. The number of hydrogen-bond donors (Lipinski definition) is 2. The van der Waals surface area contributed by atoms with Gasteiger partial charge in [-0.05, 0) is 36.6 Å². The van der Waals surface area contributed by atoms with Crippen molar-refractivity contribution < 1.29 is 15.0 Å². The minimum absolute atomic E-state index is 0.0207. The molecule has 0 bridgehead atoms. The molecule has 2 aromatic carbocycles. The molecular weight excluding hydrogens is 278 g/mol. The van der Waals surface area contributed by atoms with Gasteiger partial charge in [0.2, 0.25) is 0 Å². The van der Waals surface area contributed by atoms with Crippen LogP contribution in [0.4, 0.5) is 0 Å². The van der Waals surface area contributed by atoms with E-state index in [-0.39, 0.29) is 30.4 Å². The second kappa shape index (κ2) is 7.61. The van der Waals surface area contributed by atoms with Crippen molar-refractivity contribution in [1.82, 2.24) is 4.90 Å². The first kappa shape index (κ1) is 16.0. The van der Waals surface area contributed by atoms with Crippen molar-refractivity contribution in [3.05, 3.63) is 65.2 Å². The average molecular weight is 299 g/mol. The third-order valence-electron chi connectivity index (χ3n) is 3.55. The fraction of sp³-hybridized carbons (Fsp3) is 0.278. The van der Waals surface area contributed by atoms with Crippen LogP contribution in [0.25, 0.3) is 0 Å². The Morgan fingerprint density at radius 1 is 1.09 bits per heavy atom. The highest BCUT2D eigenvalue weighted by Crippen LogP contribution is 2.20. The van der Waals surface area contributed by atoms with Gasteiger partial charge in [0.15, 0.2) is 0 Å². The predicted octanol–water partition coefficient (Wildman–Crippen LogP) is 2.38. The number of hydrogen-bond acceptors (Lipinski definition) is 3. The van der Waals surface area contributed by atoms with Gasteiger partial charge in [-0.15, -0.1) is 0 Å². The minimum Gasteiger partial charge on any atom is -0.507 e. The Labute approximate surface area is 130 Å². The summed E-state index contributed by atoms with van der Waals surface area (Å²) in [5.41, 5.74) is 2.30. The molecule has 0 saturated heterocycles. The van der Waals surface area contributed by atoms with Crippen LogP contribution in [0.15, 0.2) is 48.5 Å². The standard InChI is InChI=1S/C18H21NO3/c1-14-7-8-16(17(21)13-14)18(22)19(11-12-20)10-9-15-5-3-2-4-6-15/h2-8,13,20-21H,9-12H2,1H3. The first-order valence-corrected chi connectivity index (χ1v) is 7.35. The van der Waals surface area contributed by atoms with Gasteiger partial charge in [0, 0.05) is 13.1 Å². The van der Waals surface area contributed by atoms with Crippen LogP contribution in [0.3, 0.4) is 0 Å². The van der Waals surface area contributed by atoms with Crippen LogP contribution in [0.1, 0.15) is 21.5 Å².